The Morgan fingerprint density at radius 2 is 2.10 bits per heavy atom. The van der Waals surface area contributed by atoms with Gasteiger partial charge in [-0.1, -0.05) is 0 Å². The van der Waals surface area contributed by atoms with Crippen molar-refractivity contribution in [2.45, 2.75) is 19.9 Å². The number of nitrogens with one attached hydrogen (secondary N) is 1. The van der Waals surface area contributed by atoms with Crippen LogP contribution >= 0.6 is 11.3 Å². The summed E-state index contributed by atoms with van der Waals surface area (Å²) in [5, 5.41) is 3.20. The van der Waals surface area contributed by atoms with Crippen molar-refractivity contribution >= 4 is 23.0 Å². The first kappa shape index (κ1) is 15.3. The van der Waals surface area contributed by atoms with Crippen molar-refractivity contribution in [1.82, 2.24) is 4.98 Å². The molecule has 0 aliphatic heterocycles. The van der Waals surface area contributed by atoms with Crippen LogP contribution in [-0.4, -0.2) is 24.7 Å². The summed E-state index contributed by atoms with van der Waals surface area (Å²) < 4.78 is 10.3. The van der Waals surface area contributed by atoms with E-state index in [1.54, 1.807) is 19.5 Å². The molecule has 5 nitrogen and oxygen atoms in total. The first-order valence-corrected chi connectivity index (χ1v) is 7.51. The molecule has 1 aromatic carbocycles. The number of carbonyl (C=O) groups excluding carboxylic acids is 1. The maximum Gasteiger partial charge on any atom is 0.334 e. The Hall–Kier alpha value is -2.08. The monoisotopic (exact) mass is 306 g/mol. The highest BCUT2D eigenvalue weighted by Crippen LogP contribution is 2.27. The van der Waals surface area contributed by atoms with Gasteiger partial charge in [0.15, 0.2) is 6.04 Å². The summed E-state index contributed by atoms with van der Waals surface area (Å²) in [7, 11) is 1.62. The van der Waals surface area contributed by atoms with Crippen LogP contribution in [0.3, 0.4) is 0 Å². The van der Waals surface area contributed by atoms with Gasteiger partial charge in [-0.3, -0.25) is 0 Å². The van der Waals surface area contributed by atoms with Gasteiger partial charge in [-0.15, -0.1) is 11.3 Å². The topological polar surface area (TPSA) is 60.5 Å². The quantitative estimate of drug-likeness (QED) is 0.831. The molecule has 6 heteroatoms. The normalized spacial score (nSPS) is 11.8. The van der Waals surface area contributed by atoms with E-state index >= 15 is 0 Å². The summed E-state index contributed by atoms with van der Waals surface area (Å²) in [6.45, 7) is 4.02. The van der Waals surface area contributed by atoms with Crippen LogP contribution in [0.2, 0.25) is 0 Å². The summed E-state index contributed by atoms with van der Waals surface area (Å²) in [6, 6.07) is 6.85. The molecule has 21 heavy (non-hydrogen) atoms. The van der Waals surface area contributed by atoms with E-state index in [1.807, 2.05) is 31.2 Å². The lowest BCUT2D eigenvalue weighted by molar-refractivity contribution is -0.144. The minimum absolute atomic E-state index is 0.305. The fourth-order valence-corrected chi connectivity index (χ4v) is 2.74. The summed E-state index contributed by atoms with van der Waals surface area (Å²) >= 11 is 1.44. The predicted molar refractivity (Wildman–Crippen MR) is 82.8 cm³/mol. The number of thiazole rings is 1. The summed E-state index contributed by atoms with van der Waals surface area (Å²) in [5.41, 5.74) is 3.38. The number of hydrogen-bond donors (Lipinski definition) is 1. The molecule has 1 unspecified atom stereocenters. The van der Waals surface area contributed by atoms with Crippen LogP contribution in [0, 0.1) is 6.92 Å². The van der Waals surface area contributed by atoms with Crippen molar-refractivity contribution in [1.29, 1.82) is 0 Å². The zero-order valence-electron chi connectivity index (χ0n) is 12.3. The molecule has 1 N–H and O–H groups in total. The Bertz CT molecular complexity index is 595. The standard InChI is InChI=1S/C15H18N2O3S/c1-4-20-15(18)13(14-10(2)16-9-21-14)17-11-5-7-12(19-3)8-6-11/h5-9,13,17H,4H2,1-3H3. The minimum atomic E-state index is -0.550. The fraction of sp³-hybridized carbons (Fsp3) is 0.333. The third-order valence-electron chi connectivity index (χ3n) is 2.97. The van der Waals surface area contributed by atoms with E-state index in [2.05, 4.69) is 10.3 Å². The molecule has 1 heterocycles. The van der Waals surface area contributed by atoms with Crippen molar-refractivity contribution < 1.29 is 14.3 Å². The van der Waals surface area contributed by atoms with Gasteiger partial charge in [-0.25, -0.2) is 9.78 Å². The summed E-state index contributed by atoms with van der Waals surface area (Å²) in [5.74, 6) is 0.461. The number of aromatic nitrogens is 1. The summed E-state index contributed by atoms with van der Waals surface area (Å²) in [6.07, 6.45) is 0. The van der Waals surface area contributed by atoms with Crippen molar-refractivity contribution in [3.05, 3.63) is 40.3 Å². The van der Waals surface area contributed by atoms with E-state index in [0.29, 0.717) is 6.61 Å². The Kier molecular flexibility index (Phi) is 5.16. The molecule has 0 radical (unpaired) electrons. The number of hydrogen-bond acceptors (Lipinski definition) is 6. The molecule has 0 saturated carbocycles. The minimum Gasteiger partial charge on any atom is -0.497 e. The second-order valence-electron chi connectivity index (χ2n) is 4.36. The average molecular weight is 306 g/mol. The fourth-order valence-electron chi connectivity index (χ4n) is 1.90. The van der Waals surface area contributed by atoms with Crippen molar-refractivity contribution in [3.63, 3.8) is 0 Å². The zero-order chi connectivity index (χ0) is 15.2. The molecule has 1 aromatic heterocycles. The first-order chi connectivity index (χ1) is 10.2. The Labute approximate surface area is 127 Å². The van der Waals surface area contributed by atoms with Crippen molar-refractivity contribution in [2.24, 2.45) is 0 Å². The number of rotatable bonds is 6. The van der Waals surface area contributed by atoms with E-state index in [9.17, 15) is 4.79 Å². The summed E-state index contributed by atoms with van der Waals surface area (Å²) in [4.78, 5) is 17.3. The van der Waals surface area contributed by atoms with E-state index in [-0.39, 0.29) is 5.97 Å². The number of ether oxygens (including phenoxy) is 2. The third-order valence-corrected chi connectivity index (χ3v) is 3.96. The molecule has 1 atom stereocenters. The van der Waals surface area contributed by atoms with Crippen LogP contribution in [0.1, 0.15) is 23.5 Å². The molecule has 112 valence electrons. The molecule has 2 aromatic rings. The molecular formula is C15H18N2O3S. The number of nitrogens with zero attached hydrogens (tertiary/aromatic N) is 1. The molecule has 0 aliphatic rings. The highest BCUT2D eigenvalue weighted by Gasteiger charge is 2.25. The highest BCUT2D eigenvalue weighted by molar-refractivity contribution is 7.10. The maximum atomic E-state index is 12.2. The van der Waals surface area contributed by atoms with E-state index in [1.165, 1.54) is 11.3 Å². The Balaban J connectivity index is 2.23. The number of aryl methyl sites for hydroxylation is 1. The lowest BCUT2D eigenvalue weighted by Crippen LogP contribution is -2.23. The average Bonchev–Trinajstić information content (AvgIpc) is 2.91. The van der Waals surface area contributed by atoms with Crippen LogP contribution < -0.4 is 10.1 Å². The zero-order valence-corrected chi connectivity index (χ0v) is 13.1. The third kappa shape index (κ3) is 3.72. The largest absolute Gasteiger partial charge is 0.497 e. The van der Waals surface area contributed by atoms with Gasteiger partial charge in [-0.2, -0.15) is 0 Å². The lowest BCUT2D eigenvalue weighted by atomic mass is 10.2. The number of esters is 1. The van der Waals surface area contributed by atoms with Crippen molar-refractivity contribution in [3.8, 4) is 5.75 Å². The van der Waals surface area contributed by atoms with Crippen LogP contribution in [-0.2, 0) is 9.53 Å². The molecule has 0 amide bonds. The smallest absolute Gasteiger partial charge is 0.334 e. The highest BCUT2D eigenvalue weighted by atomic mass is 32.1. The number of methoxy groups -OCH3 is 1. The molecule has 0 bridgehead atoms. The molecule has 2 rings (SSSR count). The van der Waals surface area contributed by atoms with Crippen LogP contribution in [0.15, 0.2) is 29.8 Å². The number of carbonyl (C=O) groups is 1. The number of benzene rings is 1. The number of anilines is 1. The van der Waals surface area contributed by atoms with Gasteiger partial charge >= 0.3 is 5.97 Å². The second-order valence-corrected chi connectivity index (χ2v) is 5.25. The van der Waals surface area contributed by atoms with Gasteiger partial charge in [0.2, 0.25) is 0 Å². The second kappa shape index (κ2) is 7.08. The van der Waals surface area contributed by atoms with E-state index in [4.69, 9.17) is 9.47 Å². The molecule has 0 fully saturated rings. The van der Waals surface area contributed by atoms with E-state index in [0.717, 1.165) is 22.0 Å². The van der Waals surface area contributed by atoms with Gasteiger partial charge in [0.1, 0.15) is 5.75 Å². The lowest BCUT2D eigenvalue weighted by Gasteiger charge is -2.18. The SMILES string of the molecule is CCOC(=O)C(Nc1ccc(OC)cc1)c1scnc1C. The Morgan fingerprint density at radius 1 is 1.38 bits per heavy atom. The van der Waals surface area contributed by atoms with Crippen molar-refractivity contribution in [2.75, 3.05) is 19.0 Å². The van der Waals surface area contributed by atoms with E-state index < -0.39 is 6.04 Å². The Morgan fingerprint density at radius 3 is 2.62 bits per heavy atom. The van der Waals surface area contributed by atoms with Crippen LogP contribution in [0.25, 0.3) is 0 Å². The van der Waals surface area contributed by atoms with Gasteiger partial charge < -0.3 is 14.8 Å². The van der Waals surface area contributed by atoms with Crippen LogP contribution in [0.4, 0.5) is 5.69 Å². The van der Waals surface area contributed by atoms with Gasteiger partial charge in [0, 0.05) is 5.69 Å². The molecule has 0 spiro atoms. The maximum absolute atomic E-state index is 12.2. The van der Waals surface area contributed by atoms with Crippen LogP contribution in [0.5, 0.6) is 5.75 Å². The predicted octanol–water partition coefficient (Wildman–Crippen LogP) is 3.18. The van der Waals surface area contributed by atoms with Gasteiger partial charge in [0.05, 0.1) is 29.8 Å². The molecule has 0 saturated heterocycles. The van der Waals surface area contributed by atoms with Gasteiger partial charge in [-0.05, 0) is 38.1 Å². The van der Waals surface area contributed by atoms with Gasteiger partial charge in [0.25, 0.3) is 0 Å². The molecular weight excluding hydrogens is 288 g/mol. The molecule has 0 aliphatic carbocycles. The first-order valence-electron chi connectivity index (χ1n) is 6.63.